The van der Waals surface area contributed by atoms with Gasteiger partial charge >= 0.3 is 5.69 Å². The second kappa shape index (κ2) is 8.31. The van der Waals surface area contributed by atoms with Crippen molar-refractivity contribution in [2.45, 2.75) is 33.7 Å². The van der Waals surface area contributed by atoms with E-state index in [2.05, 4.69) is 29.1 Å². The Balaban J connectivity index is 1.46. The molecule has 1 amide bonds. The van der Waals surface area contributed by atoms with Crippen LogP contribution in [-0.4, -0.2) is 48.2 Å². The van der Waals surface area contributed by atoms with Crippen LogP contribution in [0.3, 0.4) is 0 Å². The van der Waals surface area contributed by atoms with Crippen molar-refractivity contribution in [2.75, 3.05) is 13.1 Å². The summed E-state index contributed by atoms with van der Waals surface area (Å²) in [5.41, 5.74) is 2.46. The third-order valence-electron chi connectivity index (χ3n) is 6.05. The van der Waals surface area contributed by atoms with Crippen LogP contribution in [-0.2, 0) is 11.3 Å². The molecule has 5 rings (SSSR count). The molecule has 1 aliphatic rings. The summed E-state index contributed by atoms with van der Waals surface area (Å²) in [5, 5.41) is 8.54. The van der Waals surface area contributed by atoms with Gasteiger partial charge < -0.3 is 9.42 Å². The number of pyridine rings is 1. The van der Waals surface area contributed by atoms with Gasteiger partial charge in [0.15, 0.2) is 5.65 Å². The van der Waals surface area contributed by atoms with Crippen LogP contribution in [0.15, 0.2) is 51.9 Å². The first-order chi connectivity index (χ1) is 15.9. The van der Waals surface area contributed by atoms with Crippen molar-refractivity contribution in [3.8, 4) is 22.8 Å². The van der Waals surface area contributed by atoms with Gasteiger partial charge in [-0.15, -0.1) is 5.10 Å². The van der Waals surface area contributed by atoms with E-state index >= 15 is 0 Å². The molecule has 9 nitrogen and oxygen atoms in total. The van der Waals surface area contributed by atoms with E-state index in [4.69, 9.17) is 4.52 Å². The predicted octanol–water partition coefficient (Wildman–Crippen LogP) is 3.03. The fraction of sp³-hybridized carbons (Fsp3) is 0.375. The number of carbonyl (C=O) groups is 1. The molecule has 9 heteroatoms. The Morgan fingerprint density at radius 1 is 1.15 bits per heavy atom. The Hall–Kier alpha value is -3.75. The smallest absolute Gasteiger partial charge is 0.341 e. The van der Waals surface area contributed by atoms with Gasteiger partial charge in [0.05, 0.1) is 5.56 Å². The minimum Gasteiger partial charge on any atom is -0.341 e. The number of amides is 1. The molecule has 0 unspecified atom stereocenters. The molecular formula is C24H26N6O3. The number of hydrogen-bond donors (Lipinski definition) is 0. The number of hydrogen-bond acceptors (Lipinski definition) is 6. The van der Waals surface area contributed by atoms with E-state index in [9.17, 15) is 9.59 Å². The standard InChI is InChI=1S/C24H26N6O3/c1-15-6-4-7-18(11-15)21-25-23(33-27-21)19-8-5-9-29-22(19)26-30(24(29)32)14-20(31)28-12-16(2)10-17(3)13-28/h4-9,11,16-17H,10,12-14H2,1-3H3/t16-,17+. The maximum atomic E-state index is 12.9. The Labute approximate surface area is 190 Å². The van der Waals surface area contributed by atoms with E-state index in [1.807, 2.05) is 36.1 Å². The summed E-state index contributed by atoms with van der Waals surface area (Å²) >= 11 is 0. The first kappa shape index (κ1) is 21.1. The van der Waals surface area contributed by atoms with Gasteiger partial charge in [0.25, 0.3) is 5.89 Å². The number of carbonyl (C=O) groups excluding carboxylic acids is 1. The maximum absolute atomic E-state index is 12.9. The van der Waals surface area contributed by atoms with E-state index in [1.54, 1.807) is 18.3 Å². The van der Waals surface area contributed by atoms with Crippen molar-refractivity contribution in [3.05, 3.63) is 58.6 Å². The highest BCUT2D eigenvalue weighted by Crippen LogP contribution is 2.25. The van der Waals surface area contributed by atoms with Crippen LogP contribution in [0.4, 0.5) is 0 Å². The highest BCUT2D eigenvalue weighted by atomic mass is 16.5. The molecule has 0 aliphatic carbocycles. The van der Waals surface area contributed by atoms with Crippen molar-refractivity contribution >= 4 is 11.6 Å². The van der Waals surface area contributed by atoms with Crippen molar-refractivity contribution < 1.29 is 9.32 Å². The monoisotopic (exact) mass is 446 g/mol. The van der Waals surface area contributed by atoms with Gasteiger partial charge in [-0.1, -0.05) is 42.8 Å². The summed E-state index contributed by atoms with van der Waals surface area (Å²) in [5.74, 6) is 1.52. The molecule has 0 radical (unpaired) electrons. The van der Waals surface area contributed by atoms with E-state index in [0.29, 0.717) is 42.0 Å². The molecule has 4 heterocycles. The van der Waals surface area contributed by atoms with Crippen LogP contribution in [0.1, 0.15) is 25.8 Å². The van der Waals surface area contributed by atoms with E-state index in [-0.39, 0.29) is 24.0 Å². The number of aryl methyl sites for hydroxylation is 1. The van der Waals surface area contributed by atoms with Gasteiger partial charge in [-0.05, 0) is 43.4 Å². The summed E-state index contributed by atoms with van der Waals surface area (Å²) in [6.07, 6.45) is 2.73. The van der Waals surface area contributed by atoms with Gasteiger partial charge in [0, 0.05) is 24.8 Å². The third-order valence-corrected chi connectivity index (χ3v) is 6.05. The lowest BCUT2D eigenvalue weighted by atomic mass is 9.92. The first-order valence-corrected chi connectivity index (χ1v) is 11.2. The molecule has 1 fully saturated rings. The number of piperidine rings is 1. The molecule has 0 saturated carbocycles. The Morgan fingerprint density at radius 2 is 1.94 bits per heavy atom. The number of rotatable bonds is 4. The van der Waals surface area contributed by atoms with E-state index in [0.717, 1.165) is 17.5 Å². The minimum absolute atomic E-state index is 0.0972. The maximum Gasteiger partial charge on any atom is 0.350 e. The van der Waals surface area contributed by atoms with Crippen LogP contribution in [0.25, 0.3) is 28.5 Å². The van der Waals surface area contributed by atoms with Crippen LogP contribution in [0.2, 0.25) is 0 Å². The fourth-order valence-electron chi connectivity index (χ4n) is 4.64. The summed E-state index contributed by atoms with van der Waals surface area (Å²) in [6.45, 7) is 7.61. The van der Waals surface area contributed by atoms with E-state index in [1.165, 1.54) is 9.08 Å². The van der Waals surface area contributed by atoms with Crippen LogP contribution in [0.5, 0.6) is 0 Å². The van der Waals surface area contributed by atoms with Crippen molar-refractivity contribution in [3.63, 3.8) is 0 Å². The van der Waals surface area contributed by atoms with Gasteiger partial charge in [-0.3, -0.25) is 4.79 Å². The number of benzene rings is 1. The lowest BCUT2D eigenvalue weighted by Crippen LogP contribution is -2.45. The second-order valence-electron chi connectivity index (χ2n) is 9.09. The normalized spacial score (nSPS) is 18.7. The summed E-state index contributed by atoms with van der Waals surface area (Å²) in [6, 6.07) is 11.3. The lowest BCUT2D eigenvalue weighted by molar-refractivity contribution is -0.134. The molecule has 0 N–H and O–H groups in total. The van der Waals surface area contributed by atoms with Gasteiger partial charge in [0.2, 0.25) is 11.7 Å². The van der Waals surface area contributed by atoms with Gasteiger partial charge in [0.1, 0.15) is 6.54 Å². The minimum atomic E-state index is -0.378. The topological polar surface area (TPSA) is 98.5 Å². The van der Waals surface area contributed by atoms with Crippen molar-refractivity contribution in [2.24, 2.45) is 11.8 Å². The molecule has 2 atom stereocenters. The quantitative estimate of drug-likeness (QED) is 0.478. The number of nitrogens with zero attached hydrogens (tertiary/aromatic N) is 6. The molecule has 3 aromatic heterocycles. The number of likely N-dealkylation sites (tertiary alicyclic amines) is 1. The van der Waals surface area contributed by atoms with Crippen LogP contribution >= 0.6 is 0 Å². The Bertz CT molecular complexity index is 1370. The zero-order valence-corrected chi connectivity index (χ0v) is 18.9. The van der Waals surface area contributed by atoms with Crippen molar-refractivity contribution in [1.29, 1.82) is 0 Å². The SMILES string of the molecule is Cc1cccc(-c2noc(-c3cccn4c(=O)n(CC(=O)N5C[C@H](C)C[C@H](C)C5)nc34)n2)c1. The largest absolute Gasteiger partial charge is 0.350 e. The fourth-order valence-corrected chi connectivity index (χ4v) is 4.64. The number of fused-ring (bicyclic) bond motifs is 1. The number of aromatic nitrogens is 5. The average molecular weight is 447 g/mol. The average Bonchev–Trinajstić information content (AvgIpc) is 3.39. The Morgan fingerprint density at radius 3 is 2.70 bits per heavy atom. The highest BCUT2D eigenvalue weighted by Gasteiger charge is 2.26. The molecule has 4 aromatic rings. The molecule has 0 spiro atoms. The van der Waals surface area contributed by atoms with Crippen LogP contribution in [0, 0.1) is 18.8 Å². The molecule has 1 saturated heterocycles. The molecule has 33 heavy (non-hydrogen) atoms. The zero-order chi connectivity index (χ0) is 23.1. The summed E-state index contributed by atoms with van der Waals surface area (Å²) in [4.78, 5) is 32.2. The molecule has 1 aromatic carbocycles. The van der Waals surface area contributed by atoms with E-state index < -0.39 is 0 Å². The molecule has 170 valence electrons. The zero-order valence-electron chi connectivity index (χ0n) is 18.9. The summed E-state index contributed by atoms with van der Waals surface area (Å²) in [7, 11) is 0. The molecule has 0 bridgehead atoms. The second-order valence-corrected chi connectivity index (χ2v) is 9.09. The molecular weight excluding hydrogens is 420 g/mol. The predicted molar refractivity (Wildman–Crippen MR) is 122 cm³/mol. The van der Waals surface area contributed by atoms with Crippen LogP contribution < -0.4 is 5.69 Å². The summed E-state index contributed by atoms with van der Waals surface area (Å²) < 4.78 is 8.12. The first-order valence-electron chi connectivity index (χ1n) is 11.2. The van der Waals surface area contributed by atoms with Gasteiger partial charge in [-0.25, -0.2) is 13.9 Å². The molecule has 1 aliphatic heterocycles. The lowest BCUT2D eigenvalue weighted by Gasteiger charge is -2.34. The Kier molecular flexibility index (Phi) is 5.32. The van der Waals surface area contributed by atoms with Gasteiger partial charge in [-0.2, -0.15) is 4.98 Å². The van der Waals surface area contributed by atoms with Crippen molar-refractivity contribution in [1.82, 2.24) is 29.2 Å². The third kappa shape index (κ3) is 4.06. The highest BCUT2D eigenvalue weighted by molar-refractivity contribution is 5.76.